The van der Waals surface area contributed by atoms with Crippen molar-refractivity contribution in [2.45, 2.75) is 0 Å². The molecular formula is C18H10Br2N4. The van der Waals surface area contributed by atoms with Crippen LogP contribution in [0.3, 0.4) is 0 Å². The van der Waals surface area contributed by atoms with Crippen LogP contribution in [0.2, 0.25) is 0 Å². The Hall–Kier alpha value is -2.18. The lowest BCUT2D eigenvalue weighted by atomic mass is 10.1. The van der Waals surface area contributed by atoms with E-state index in [-0.39, 0.29) is 0 Å². The maximum atomic E-state index is 4.81. The van der Waals surface area contributed by atoms with Crippen molar-refractivity contribution >= 4 is 42.9 Å². The van der Waals surface area contributed by atoms with Gasteiger partial charge in [-0.15, -0.1) is 0 Å². The fourth-order valence-electron chi connectivity index (χ4n) is 2.41. The van der Waals surface area contributed by atoms with Gasteiger partial charge in [-0.25, -0.2) is 9.97 Å². The molecule has 1 aromatic carbocycles. The van der Waals surface area contributed by atoms with Gasteiger partial charge in [-0.2, -0.15) is 0 Å². The molecule has 24 heavy (non-hydrogen) atoms. The van der Waals surface area contributed by atoms with Crippen LogP contribution in [0.1, 0.15) is 0 Å². The van der Waals surface area contributed by atoms with Crippen LogP contribution in [0.4, 0.5) is 0 Å². The molecule has 3 aromatic heterocycles. The monoisotopic (exact) mass is 440 g/mol. The first-order valence-electron chi connectivity index (χ1n) is 7.22. The lowest BCUT2D eigenvalue weighted by Gasteiger charge is -2.10. The van der Waals surface area contributed by atoms with Crippen LogP contribution >= 0.6 is 31.9 Å². The van der Waals surface area contributed by atoms with E-state index in [4.69, 9.17) is 9.97 Å². The van der Waals surface area contributed by atoms with E-state index in [0.29, 0.717) is 0 Å². The van der Waals surface area contributed by atoms with Crippen molar-refractivity contribution in [3.8, 4) is 22.8 Å². The predicted molar refractivity (Wildman–Crippen MR) is 101 cm³/mol. The van der Waals surface area contributed by atoms with E-state index in [1.807, 2.05) is 48.5 Å². The van der Waals surface area contributed by atoms with E-state index < -0.39 is 0 Å². The van der Waals surface area contributed by atoms with Gasteiger partial charge in [0.15, 0.2) is 0 Å². The van der Waals surface area contributed by atoms with Crippen molar-refractivity contribution in [2.75, 3.05) is 0 Å². The van der Waals surface area contributed by atoms with Crippen LogP contribution in [0.5, 0.6) is 0 Å². The van der Waals surface area contributed by atoms with E-state index in [0.717, 1.165) is 42.8 Å². The number of benzene rings is 1. The first-order valence-corrected chi connectivity index (χ1v) is 8.80. The molecule has 0 saturated carbocycles. The molecule has 3 heterocycles. The number of pyridine rings is 2. The number of rotatable bonds is 2. The number of hydrogen-bond donors (Lipinski definition) is 0. The number of aromatic nitrogens is 4. The topological polar surface area (TPSA) is 51.6 Å². The van der Waals surface area contributed by atoms with Gasteiger partial charge in [0.25, 0.3) is 0 Å². The summed E-state index contributed by atoms with van der Waals surface area (Å²) in [6.07, 6.45) is 3.50. The Bertz CT molecular complexity index is 937. The highest BCUT2D eigenvalue weighted by Crippen LogP contribution is 2.32. The summed E-state index contributed by atoms with van der Waals surface area (Å²) < 4.78 is 1.86. The second kappa shape index (κ2) is 6.37. The van der Waals surface area contributed by atoms with Gasteiger partial charge < -0.3 is 0 Å². The lowest BCUT2D eigenvalue weighted by molar-refractivity contribution is 1.20. The minimum absolute atomic E-state index is 0.719. The Morgan fingerprint density at radius 2 is 1.08 bits per heavy atom. The second-order valence-corrected chi connectivity index (χ2v) is 6.81. The Morgan fingerprint density at radius 1 is 0.625 bits per heavy atom. The number of nitrogens with zero attached hydrogens (tertiary/aromatic N) is 4. The molecule has 6 heteroatoms. The fraction of sp³-hybridized carbons (Fsp3) is 0. The molecule has 0 bridgehead atoms. The summed E-state index contributed by atoms with van der Waals surface area (Å²) in [6.45, 7) is 0. The predicted octanol–water partition coefficient (Wildman–Crippen LogP) is 5.28. The number of halogens is 2. The van der Waals surface area contributed by atoms with E-state index in [9.17, 15) is 0 Å². The first-order chi connectivity index (χ1) is 11.7. The molecule has 0 radical (unpaired) electrons. The minimum atomic E-state index is 0.719. The van der Waals surface area contributed by atoms with Crippen LogP contribution in [0, 0.1) is 0 Å². The Kier molecular flexibility index (Phi) is 4.08. The maximum Gasteiger partial charge on any atom is 0.117 e. The van der Waals surface area contributed by atoms with Crippen LogP contribution in [-0.4, -0.2) is 19.9 Å². The van der Waals surface area contributed by atoms with Crippen molar-refractivity contribution in [1.82, 2.24) is 19.9 Å². The summed E-state index contributed by atoms with van der Waals surface area (Å²) in [5.41, 5.74) is 4.57. The van der Waals surface area contributed by atoms with Crippen LogP contribution < -0.4 is 0 Å². The quantitative estimate of drug-likeness (QED) is 0.424. The molecule has 0 saturated heterocycles. The molecule has 4 rings (SSSR count). The lowest BCUT2D eigenvalue weighted by Crippen LogP contribution is -1.98. The average molecular weight is 442 g/mol. The Balaban J connectivity index is 2.06. The molecule has 0 N–H and O–H groups in total. The zero-order valence-electron chi connectivity index (χ0n) is 12.3. The average Bonchev–Trinajstić information content (AvgIpc) is 2.63. The summed E-state index contributed by atoms with van der Waals surface area (Å²) >= 11 is 7.04. The van der Waals surface area contributed by atoms with Gasteiger partial charge in [0.1, 0.15) is 11.4 Å². The van der Waals surface area contributed by atoms with Gasteiger partial charge >= 0.3 is 0 Å². The van der Waals surface area contributed by atoms with Crippen molar-refractivity contribution in [3.05, 3.63) is 69.9 Å². The van der Waals surface area contributed by atoms with E-state index >= 15 is 0 Å². The molecule has 116 valence electrons. The minimum Gasteiger partial charge on any atom is -0.255 e. The molecule has 0 aliphatic rings. The highest BCUT2D eigenvalue weighted by Gasteiger charge is 2.15. The molecule has 0 spiro atoms. The molecule has 0 atom stereocenters. The fourth-order valence-corrected chi connectivity index (χ4v) is 3.08. The Labute approximate surface area is 155 Å². The summed E-state index contributed by atoms with van der Waals surface area (Å²) in [4.78, 5) is 18.5. The summed E-state index contributed by atoms with van der Waals surface area (Å²) in [5, 5.41) is 0. The summed E-state index contributed by atoms with van der Waals surface area (Å²) in [6, 6.07) is 15.4. The third kappa shape index (κ3) is 2.83. The highest BCUT2D eigenvalue weighted by molar-refractivity contribution is 9.13. The standard InChI is InChI=1S/C18H10Br2N4/c19-11-9-15-16(10-12(11)20)24-18(14-6-2-4-8-22-14)17(23-15)13-5-1-3-7-21-13/h1-10H. The van der Waals surface area contributed by atoms with E-state index in [1.54, 1.807) is 12.4 Å². The van der Waals surface area contributed by atoms with Crippen molar-refractivity contribution in [1.29, 1.82) is 0 Å². The number of fused-ring (bicyclic) bond motifs is 1. The SMILES string of the molecule is Brc1cc2nc(-c3ccccn3)c(-c3ccccn3)nc2cc1Br. The molecule has 0 unspecified atom stereocenters. The smallest absolute Gasteiger partial charge is 0.117 e. The molecule has 0 aliphatic heterocycles. The van der Waals surface area contributed by atoms with E-state index in [2.05, 4.69) is 41.8 Å². The molecule has 0 aliphatic carbocycles. The largest absolute Gasteiger partial charge is 0.255 e. The molecule has 4 aromatic rings. The normalized spacial score (nSPS) is 10.9. The van der Waals surface area contributed by atoms with Gasteiger partial charge in [0.05, 0.1) is 22.4 Å². The molecule has 0 fully saturated rings. The van der Waals surface area contributed by atoms with Crippen LogP contribution in [-0.2, 0) is 0 Å². The van der Waals surface area contributed by atoms with Crippen molar-refractivity contribution < 1.29 is 0 Å². The van der Waals surface area contributed by atoms with Crippen LogP contribution in [0.15, 0.2) is 69.9 Å². The summed E-state index contributed by atoms with van der Waals surface area (Å²) in [5.74, 6) is 0. The molecule has 0 amide bonds. The highest BCUT2D eigenvalue weighted by atomic mass is 79.9. The molecular weight excluding hydrogens is 432 g/mol. The van der Waals surface area contributed by atoms with E-state index in [1.165, 1.54) is 0 Å². The maximum absolute atomic E-state index is 4.81. The van der Waals surface area contributed by atoms with Gasteiger partial charge in [0.2, 0.25) is 0 Å². The van der Waals surface area contributed by atoms with Gasteiger partial charge in [0, 0.05) is 21.3 Å². The van der Waals surface area contributed by atoms with Crippen molar-refractivity contribution in [2.24, 2.45) is 0 Å². The third-order valence-corrected chi connectivity index (χ3v) is 5.37. The van der Waals surface area contributed by atoms with Crippen molar-refractivity contribution in [3.63, 3.8) is 0 Å². The number of hydrogen-bond acceptors (Lipinski definition) is 4. The third-order valence-electron chi connectivity index (χ3n) is 3.52. The van der Waals surface area contributed by atoms with Gasteiger partial charge in [-0.1, -0.05) is 12.1 Å². The molecule has 4 nitrogen and oxygen atoms in total. The van der Waals surface area contributed by atoms with Gasteiger partial charge in [-0.05, 0) is 68.3 Å². The van der Waals surface area contributed by atoms with Crippen LogP contribution in [0.25, 0.3) is 33.8 Å². The van der Waals surface area contributed by atoms with Gasteiger partial charge in [-0.3, -0.25) is 9.97 Å². The second-order valence-electron chi connectivity index (χ2n) is 5.11. The zero-order valence-corrected chi connectivity index (χ0v) is 15.5. The zero-order chi connectivity index (χ0) is 16.5. The Morgan fingerprint density at radius 3 is 1.46 bits per heavy atom. The first kappa shape index (κ1) is 15.4. The summed E-state index contributed by atoms with van der Waals surface area (Å²) in [7, 11) is 0.